The summed E-state index contributed by atoms with van der Waals surface area (Å²) in [6.07, 6.45) is 0.894. The molecule has 0 atom stereocenters. The highest BCUT2D eigenvalue weighted by molar-refractivity contribution is 7.07. The number of nitrogens with two attached hydrogens (primary N) is 1. The van der Waals surface area contributed by atoms with Gasteiger partial charge in [-0.05, 0) is 18.2 Å². The smallest absolute Gasteiger partial charge is 0.0794 e. The average Bonchev–Trinajstić information content (AvgIpc) is 2.74. The number of thiazole rings is 1. The third-order valence-electron chi connectivity index (χ3n) is 2.19. The number of hydrogen-bond acceptors (Lipinski definition) is 4. The van der Waals surface area contributed by atoms with Crippen molar-refractivity contribution in [3.63, 3.8) is 0 Å². The highest BCUT2D eigenvalue weighted by atomic mass is 35.5. The molecule has 0 aliphatic carbocycles. The molecule has 5 heteroatoms. The van der Waals surface area contributed by atoms with Gasteiger partial charge in [0.25, 0.3) is 0 Å². The fourth-order valence-electron chi connectivity index (χ4n) is 1.38. The van der Waals surface area contributed by atoms with Crippen molar-refractivity contribution < 1.29 is 0 Å². The molecule has 0 saturated carbocycles. The van der Waals surface area contributed by atoms with Crippen LogP contribution >= 0.6 is 22.9 Å². The first-order valence-electron chi connectivity index (χ1n) is 4.91. The van der Waals surface area contributed by atoms with E-state index >= 15 is 0 Å². The van der Waals surface area contributed by atoms with Crippen molar-refractivity contribution in [1.29, 1.82) is 0 Å². The second kappa shape index (κ2) is 5.18. The van der Waals surface area contributed by atoms with Crippen LogP contribution in [0.25, 0.3) is 0 Å². The Balaban J connectivity index is 1.90. The summed E-state index contributed by atoms with van der Waals surface area (Å²) in [7, 11) is 0. The topological polar surface area (TPSA) is 50.9 Å². The maximum Gasteiger partial charge on any atom is 0.0794 e. The summed E-state index contributed by atoms with van der Waals surface area (Å²) < 4.78 is 0. The van der Waals surface area contributed by atoms with E-state index in [-0.39, 0.29) is 0 Å². The molecule has 0 bridgehead atoms. The number of nitrogens with zero attached hydrogens (tertiary/aromatic N) is 1. The van der Waals surface area contributed by atoms with Crippen molar-refractivity contribution in [1.82, 2.24) is 4.98 Å². The van der Waals surface area contributed by atoms with Gasteiger partial charge in [-0.1, -0.05) is 11.6 Å². The summed E-state index contributed by atoms with van der Waals surface area (Å²) >= 11 is 7.43. The van der Waals surface area contributed by atoms with Gasteiger partial charge in [0.2, 0.25) is 0 Å². The maximum absolute atomic E-state index is 5.82. The minimum absolute atomic E-state index is 0.655. The van der Waals surface area contributed by atoms with E-state index in [1.54, 1.807) is 17.4 Å². The molecule has 0 aliphatic rings. The van der Waals surface area contributed by atoms with E-state index in [0.717, 1.165) is 24.3 Å². The standard InChI is InChI=1S/C11H12ClN3S/c12-8-1-2-11(10(13)5-8)14-4-3-9-6-16-7-15-9/h1-2,5-7,14H,3-4,13H2. The number of anilines is 2. The van der Waals surface area contributed by atoms with Gasteiger partial charge in [-0.3, -0.25) is 0 Å². The zero-order valence-electron chi connectivity index (χ0n) is 8.61. The number of nitrogen functional groups attached to an aromatic ring is 1. The lowest BCUT2D eigenvalue weighted by atomic mass is 10.2. The SMILES string of the molecule is Nc1cc(Cl)ccc1NCCc1cscn1. The molecular formula is C11H12ClN3S. The predicted molar refractivity (Wildman–Crippen MR) is 70.2 cm³/mol. The van der Waals surface area contributed by atoms with E-state index in [0.29, 0.717) is 10.7 Å². The van der Waals surface area contributed by atoms with Gasteiger partial charge < -0.3 is 11.1 Å². The molecule has 0 radical (unpaired) electrons. The van der Waals surface area contributed by atoms with E-state index in [2.05, 4.69) is 10.3 Å². The van der Waals surface area contributed by atoms with Gasteiger partial charge >= 0.3 is 0 Å². The van der Waals surface area contributed by atoms with Gasteiger partial charge in [-0.2, -0.15) is 0 Å². The molecule has 2 rings (SSSR count). The highest BCUT2D eigenvalue weighted by Crippen LogP contribution is 2.22. The lowest BCUT2D eigenvalue weighted by molar-refractivity contribution is 0.978. The number of nitrogens with one attached hydrogen (secondary N) is 1. The Labute approximate surface area is 103 Å². The Hall–Kier alpha value is -1.26. The zero-order chi connectivity index (χ0) is 11.4. The number of hydrogen-bond donors (Lipinski definition) is 2. The van der Waals surface area contributed by atoms with Crippen LogP contribution in [0.15, 0.2) is 29.1 Å². The first-order chi connectivity index (χ1) is 7.75. The first kappa shape index (κ1) is 11.2. The Kier molecular flexibility index (Phi) is 3.64. The highest BCUT2D eigenvalue weighted by Gasteiger charge is 2.00. The number of benzene rings is 1. The van der Waals surface area contributed by atoms with Crippen LogP contribution in [0.1, 0.15) is 5.69 Å². The molecule has 1 aromatic carbocycles. The van der Waals surface area contributed by atoms with Crippen molar-refractivity contribution in [3.8, 4) is 0 Å². The van der Waals surface area contributed by atoms with Crippen molar-refractivity contribution in [2.75, 3.05) is 17.6 Å². The number of aromatic nitrogens is 1. The number of rotatable bonds is 4. The third-order valence-corrected chi connectivity index (χ3v) is 3.06. The molecule has 3 N–H and O–H groups in total. The largest absolute Gasteiger partial charge is 0.397 e. The summed E-state index contributed by atoms with van der Waals surface area (Å²) in [5.74, 6) is 0. The molecule has 84 valence electrons. The van der Waals surface area contributed by atoms with E-state index in [1.807, 2.05) is 23.0 Å². The molecule has 0 aliphatic heterocycles. The molecule has 3 nitrogen and oxygen atoms in total. The Bertz CT molecular complexity index is 456. The fraction of sp³-hybridized carbons (Fsp3) is 0.182. The Morgan fingerprint density at radius 2 is 2.31 bits per heavy atom. The maximum atomic E-state index is 5.82. The van der Waals surface area contributed by atoms with Crippen LogP contribution in [0.2, 0.25) is 5.02 Å². The van der Waals surface area contributed by atoms with Crippen molar-refractivity contribution in [3.05, 3.63) is 39.8 Å². The second-order valence-electron chi connectivity index (χ2n) is 3.39. The lowest BCUT2D eigenvalue weighted by Crippen LogP contribution is -2.06. The molecule has 0 fully saturated rings. The van der Waals surface area contributed by atoms with E-state index in [4.69, 9.17) is 17.3 Å². The summed E-state index contributed by atoms with van der Waals surface area (Å²) in [6.45, 7) is 0.815. The average molecular weight is 254 g/mol. The van der Waals surface area contributed by atoms with Gasteiger partial charge in [0.05, 0.1) is 22.6 Å². The summed E-state index contributed by atoms with van der Waals surface area (Å²) in [6, 6.07) is 5.45. The van der Waals surface area contributed by atoms with Crippen LogP contribution in [-0.4, -0.2) is 11.5 Å². The van der Waals surface area contributed by atoms with Gasteiger partial charge in [-0.25, -0.2) is 4.98 Å². The van der Waals surface area contributed by atoms with Crippen molar-refractivity contribution in [2.45, 2.75) is 6.42 Å². The quantitative estimate of drug-likeness (QED) is 0.824. The Morgan fingerprint density at radius 1 is 1.44 bits per heavy atom. The first-order valence-corrected chi connectivity index (χ1v) is 6.24. The molecule has 16 heavy (non-hydrogen) atoms. The monoisotopic (exact) mass is 253 g/mol. The van der Waals surface area contributed by atoms with E-state index < -0.39 is 0 Å². The minimum atomic E-state index is 0.655. The van der Waals surface area contributed by atoms with Gasteiger partial charge in [0.1, 0.15) is 0 Å². The van der Waals surface area contributed by atoms with Crippen LogP contribution in [0.5, 0.6) is 0 Å². The lowest BCUT2D eigenvalue weighted by Gasteiger charge is -2.08. The van der Waals surface area contributed by atoms with E-state index in [1.165, 1.54) is 0 Å². The fourth-order valence-corrected chi connectivity index (χ4v) is 2.15. The van der Waals surface area contributed by atoms with Gasteiger partial charge in [0, 0.05) is 23.4 Å². The third kappa shape index (κ3) is 2.87. The van der Waals surface area contributed by atoms with Crippen molar-refractivity contribution >= 4 is 34.3 Å². The van der Waals surface area contributed by atoms with Gasteiger partial charge in [0.15, 0.2) is 0 Å². The molecule has 0 saturated heterocycles. The second-order valence-corrected chi connectivity index (χ2v) is 4.54. The normalized spacial score (nSPS) is 10.3. The van der Waals surface area contributed by atoms with Crippen LogP contribution in [-0.2, 0) is 6.42 Å². The summed E-state index contributed by atoms with van der Waals surface area (Å²) in [5.41, 5.74) is 10.3. The van der Waals surface area contributed by atoms with Crippen LogP contribution < -0.4 is 11.1 Å². The summed E-state index contributed by atoms with van der Waals surface area (Å²) in [5, 5.41) is 5.96. The van der Waals surface area contributed by atoms with Crippen LogP contribution in [0.4, 0.5) is 11.4 Å². The molecule has 2 aromatic rings. The molecular weight excluding hydrogens is 242 g/mol. The molecule has 1 heterocycles. The minimum Gasteiger partial charge on any atom is -0.397 e. The molecule has 0 spiro atoms. The van der Waals surface area contributed by atoms with Gasteiger partial charge in [-0.15, -0.1) is 11.3 Å². The molecule has 0 amide bonds. The summed E-state index contributed by atoms with van der Waals surface area (Å²) in [4.78, 5) is 4.21. The predicted octanol–water partition coefficient (Wildman–Crippen LogP) is 3.03. The molecule has 1 aromatic heterocycles. The number of halogens is 1. The Morgan fingerprint density at radius 3 is 3.00 bits per heavy atom. The van der Waals surface area contributed by atoms with Crippen LogP contribution in [0, 0.1) is 0 Å². The van der Waals surface area contributed by atoms with Crippen molar-refractivity contribution in [2.24, 2.45) is 0 Å². The molecule has 0 unspecified atom stereocenters. The van der Waals surface area contributed by atoms with E-state index in [9.17, 15) is 0 Å². The van der Waals surface area contributed by atoms with Crippen LogP contribution in [0.3, 0.4) is 0 Å². The zero-order valence-corrected chi connectivity index (χ0v) is 10.2.